The molecule has 0 aliphatic carbocycles. The largest absolute Gasteiger partial charge is 0.399 e. The van der Waals surface area contributed by atoms with Crippen molar-refractivity contribution in [2.45, 2.75) is 25.7 Å². The van der Waals surface area contributed by atoms with Crippen LogP contribution >= 0.6 is 0 Å². The minimum Gasteiger partial charge on any atom is -0.399 e. The van der Waals surface area contributed by atoms with Crippen LogP contribution in [0.15, 0.2) is 41.3 Å². The quantitative estimate of drug-likeness (QED) is 0.854. The molecule has 0 aromatic heterocycles. The van der Waals surface area contributed by atoms with Gasteiger partial charge in [-0.25, -0.2) is 8.42 Å². The van der Waals surface area contributed by atoms with E-state index in [1.54, 1.807) is 25.1 Å². The van der Waals surface area contributed by atoms with E-state index in [-0.39, 0.29) is 4.90 Å². The first-order valence-electron chi connectivity index (χ1n) is 6.26. The number of benzene rings is 2. The zero-order valence-corrected chi connectivity index (χ0v) is 12.6. The number of hydrogen-bond donors (Lipinski definition) is 2. The number of sulfonamides is 1. The Hall–Kier alpha value is -2.01. The number of nitrogens with one attached hydrogen (secondary N) is 1. The summed E-state index contributed by atoms with van der Waals surface area (Å²) >= 11 is 0. The van der Waals surface area contributed by atoms with E-state index in [2.05, 4.69) is 4.72 Å². The zero-order chi connectivity index (χ0) is 14.9. The molecule has 2 aromatic rings. The summed E-state index contributed by atoms with van der Waals surface area (Å²) in [7, 11) is -3.64. The summed E-state index contributed by atoms with van der Waals surface area (Å²) in [5.74, 6) is 0. The van der Waals surface area contributed by atoms with Crippen LogP contribution in [0.2, 0.25) is 0 Å². The average Bonchev–Trinajstić information content (AvgIpc) is 2.37. The molecular weight excluding hydrogens is 272 g/mol. The maximum absolute atomic E-state index is 12.5. The van der Waals surface area contributed by atoms with Crippen molar-refractivity contribution in [2.24, 2.45) is 0 Å². The van der Waals surface area contributed by atoms with E-state index in [1.165, 1.54) is 6.07 Å². The van der Waals surface area contributed by atoms with Crippen molar-refractivity contribution >= 4 is 21.4 Å². The molecule has 0 aliphatic rings. The minimum absolute atomic E-state index is 0.207. The predicted octanol–water partition coefficient (Wildman–Crippen LogP) is 2.99. The van der Waals surface area contributed by atoms with Crippen molar-refractivity contribution in [3.8, 4) is 0 Å². The van der Waals surface area contributed by atoms with Crippen molar-refractivity contribution in [2.75, 3.05) is 10.5 Å². The first kappa shape index (κ1) is 14.4. The number of anilines is 2. The predicted molar refractivity (Wildman–Crippen MR) is 82.3 cm³/mol. The molecule has 106 valence electrons. The van der Waals surface area contributed by atoms with Crippen LogP contribution in [0.1, 0.15) is 16.7 Å². The molecule has 4 nitrogen and oxygen atoms in total. The third-order valence-electron chi connectivity index (χ3n) is 3.35. The lowest BCUT2D eigenvalue weighted by molar-refractivity contribution is 0.600. The van der Waals surface area contributed by atoms with E-state index in [9.17, 15) is 8.42 Å². The first-order valence-corrected chi connectivity index (χ1v) is 7.75. The number of hydrogen-bond acceptors (Lipinski definition) is 3. The molecule has 0 fully saturated rings. The lowest BCUT2D eigenvalue weighted by atomic mass is 10.1. The van der Waals surface area contributed by atoms with E-state index in [0.717, 1.165) is 11.1 Å². The van der Waals surface area contributed by atoms with Crippen molar-refractivity contribution in [3.05, 3.63) is 53.1 Å². The van der Waals surface area contributed by atoms with Gasteiger partial charge < -0.3 is 5.73 Å². The molecule has 0 saturated carbocycles. The van der Waals surface area contributed by atoms with Gasteiger partial charge in [-0.3, -0.25) is 4.72 Å². The maximum Gasteiger partial charge on any atom is 0.262 e. The fraction of sp³-hybridized carbons (Fsp3) is 0.200. The van der Waals surface area contributed by atoms with Crippen LogP contribution in [0.4, 0.5) is 11.4 Å². The summed E-state index contributed by atoms with van der Waals surface area (Å²) in [6, 6.07) is 10.4. The van der Waals surface area contributed by atoms with Gasteiger partial charge in [0.2, 0.25) is 0 Å². The van der Waals surface area contributed by atoms with E-state index < -0.39 is 10.0 Å². The molecule has 3 N–H and O–H groups in total. The third kappa shape index (κ3) is 2.77. The Morgan fingerprint density at radius 1 is 1.00 bits per heavy atom. The van der Waals surface area contributed by atoms with E-state index in [0.29, 0.717) is 16.9 Å². The van der Waals surface area contributed by atoms with Crippen molar-refractivity contribution in [3.63, 3.8) is 0 Å². The normalized spacial score (nSPS) is 11.3. The van der Waals surface area contributed by atoms with E-state index in [4.69, 9.17) is 5.73 Å². The topological polar surface area (TPSA) is 72.2 Å². The second-order valence-corrected chi connectivity index (χ2v) is 6.53. The van der Waals surface area contributed by atoms with E-state index in [1.807, 2.05) is 26.0 Å². The Balaban J connectivity index is 2.46. The highest BCUT2D eigenvalue weighted by molar-refractivity contribution is 7.92. The highest BCUT2D eigenvalue weighted by atomic mass is 32.2. The van der Waals surface area contributed by atoms with Crippen molar-refractivity contribution in [1.29, 1.82) is 0 Å². The molecule has 0 radical (unpaired) electrons. The summed E-state index contributed by atoms with van der Waals surface area (Å²) in [6.07, 6.45) is 0. The molecule has 0 amide bonds. The molecule has 0 saturated heterocycles. The van der Waals surface area contributed by atoms with Gasteiger partial charge in [0.05, 0.1) is 10.6 Å². The second-order valence-electron chi connectivity index (χ2n) is 4.88. The summed E-state index contributed by atoms with van der Waals surface area (Å²) in [6.45, 7) is 5.58. The van der Waals surface area contributed by atoms with Crippen LogP contribution < -0.4 is 10.5 Å². The number of aryl methyl sites for hydroxylation is 2. The fourth-order valence-corrected chi connectivity index (χ4v) is 3.37. The van der Waals surface area contributed by atoms with Crippen LogP contribution in [-0.2, 0) is 10.0 Å². The van der Waals surface area contributed by atoms with E-state index >= 15 is 0 Å². The molecule has 5 heteroatoms. The molecule has 2 rings (SSSR count). The SMILES string of the molecule is Cc1ccc(N)cc1S(=O)(=O)Nc1cccc(C)c1C. The summed E-state index contributed by atoms with van der Waals surface area (Å²) in [5, 5.41) is 0. The number of nitrogens with two attached hydrogens (primary N) is 1. The monoisotopic (exact) mass is 290 g/mol. The summed E-state index contributed by atoms with van der Waals surface area (Å²) < 4.78 is 27.6. The standard InChI is InChI=1S/C15H18N2O2S/c1-10-5-4-6-14(12(10)3)17-20(18,19)15-9-13(16)8-7-11(15)2/h4-9,17H,16H2,1-3H3. The smallest absolute Gasteiger partial charge is 0.262 e. The van der Waals surface area contributed by atoms with Gasteiger partial charge in [0.1, 0.15) is 0 Å². The van der Waals surface area contributed by atoms with Crippen LogP contribution in [-0.4, -0.2) is 8.42 Å². The zero-order valence-electron chi connectivity index (χ0n) is 11.8. The lowest BCUT2D eigenvalue weighted by Gasteiger charge is -2.14. The summed E-state index contributed by atoms with van der Waals surface area (Å²) in [5.41, 5.74) is 9.31. The number of nitrogen functional groups attached to an aromatic ring is 1. The average molecular weight is 290 g/mol. The molecular formula is C15H18N2O2S. The van der Waals surface area contributed by atoms with Gasteiger partial charge in [0.15, 0.2) is 0 Å². The minimum atomic E-state index is -3.64. The van der Waals surface area contributed by atoms with Gasteiger partial charge in [-0.15, -0.1) is 0 Å². The first-order chi connectivity index (χ1) is 9.31. The van der Waals surface area contributed by atoms with Crippen LogP contribution in [0, 0.1) is 20.8 Å². The molecule has 0 heterocycles. The maximum atomic E-state index is 12.5. The highest BCUT2D eigenvalue weighted by Gasteiger charge is 2.18. The van der Waals surface area contributed by atoms with Gasteiger partial charge in [-0.05, 0) is 55.7 Å². The Bertz CT molecular complexity index is 752. The van der Waals surface area contributed by atoms with Crippen molar-refractivity contribution in [1.82, 2.24) is 0 Å². The molecule has 0 spiro atoms. The molecule has 0 bridgehead atoms. The van der Waals surface area contributed by atoms with Crippen LogP contribution in [0.5, 0.6) is 0 Å². The van der Waals surface area contributed by atoms with Gasteiger partial charge in [-0.2, -0.15) is 0 Å². The van der Waals surface area contributed by atoms with Crippen LogP contribution in [0.25, 0.3) is 0 Å². The lowest BCUT2D eigenvalue weighted by Crippen LogP contribution is -2.15. The highest BCUT2D eigenvalue weighted by Crippen LogP contribution is 2.24. The van der Waals surface area contributed by atoms with Gasteiger partial charge in [-0.1, -0.05) is 18.2 Å². The van der Waals surface area contributed by atoms with Gasteiger partial charge in [0.25, 0.3) is 10.0 Å². The molecule has 0 unspecified atom stereocenters. The Morgan fingerprint density at radius 2 is 1.70 bits per heavy atom. The summed E-state index contributed by atoms with van der Waals surface area (Å²) in [4.78, 5) is 0.207. The van der Waals surface area contributed by atoms with Crippen molar-refractivity contribution < 1.29 is 8.42 Å². The Labute approximate surface area is 119 Å². The van der Waals surface area contributed by atoms with Gasteiger partial charge >= 0.3 is 0 Å². The molecule has 2 aromatic carbocycles. The second kappa shape index (κ2) is 5.17. The molecule has 0 aliphatic heterocycles. The Morgan fingerprint density at radius 3 is 2.40 bits per heavy atom. The van der Waals surface area contributed by atoms with Crippen LogP contribution in [0.3, 0.4) is 0 Å². The van der Waals surface area contributed by atoms with Gasteiger partial charge in [0, 0.05) is 5.69 Å². The Kier molecular flexibility index (Phi) is 3.72. The third-order valence-corrected chi connectivity index (χ3v) is 4.86. The number of rotatable bonds is 3. The molecule has 0 atom stereocenters. The molecule has 20 heavy (non-hydrogen) atoms. The fourth-order valence-electron chi connectivity index (χ4n) is 1.97.